The van der Waals surface area contributed by atoms with Gasteiger partial charge in [-0.2, -0.15) is 0 Å². The van der Waals surface area contributed by atoms with Crippen molar-refractivity contribution in [1.29, 1.82) is 0 Å². The number of carbonyl (C=O) groups excluding carboxylic acids is 1. The number of hydrogen-bond acceptors (Lipinski definition) is 4. The van der Waals surface area contributed by atoms with Gasteiger partial charge in [0.25, 0.3) is 0 Å². The summed E-state index contributed by atoms with van der Waals surface area (Å²) in [6.45, 7) is 0. The molecule has 0 fully saturated rings. The number of halogens is 1. The summed E-state index contributed by atoms with van der Waals surface area (Å²) in [5.74, 6) is 0.0281. The highest BCUT2D eigenvalue weighted by Crippen LogP contribution is 2.21. The molecule has 3 aromatic heterocycles. The van der Waals surface area contributed by atoms with Gasteiger partial charge in [0.2, 0.25) is 11.8 Å². The Kier molecular flexibility index (Phi) is 4.25. The van der Waals surface area contributed by atoms with Gasteiger partial charge in [0.15, 0.2) is 5.15 Å². The number of imidazole rings is 1. The molecule has 3 rings (SSSR count). The number of methoxy groups -OCH3 is 1. The monoisotopic (exact) mass is 328 g/mol. The van der Waals surface area contributed by atoms with E-state index in [2.05, 4.69) is 15.3 Å². The van der Waals surface area contributed by atoms with E-state index >= 15 is 0 Å². The average Bonchev–Trinajstić information content (AvgIpc) is 2.88. The fraction of sp³-hybridized carbons (Fsp3) is 0.0625. The first-order valence-electron chi connectivity index (χ1n) is 6.79. The van der Waals surface area contributed by atoms with Crippen LogP contribution in [-0.4, -0.2) is 27.4 Å². The fourth-order valence-corrected chi connectivity index (χ4v) is 2.35. The molecular weight excluding hydrogens is 316 g/mol. The summed E-state index contributed by atoms with van der Waals surface area (Å²) in [6.07, 6.45) is 6.41. The van der Waals surface area contributed by atoms with E-state index in [-0.39, 0.29) is 5.91 Å². The first-order chi connectivity index (χ1) is 11.2. The number of ether oxygens (including phenoxy) is 1. The van der Waals surface area contributed by atoms with Crippen molar-refractivity contribution in [2.75, 3.05) is 12.4 Å². The van der Waals surface area contributed by atoms with Gasteiger partial charge in [-0.25, -0.2) is 9.97 Å². The Morgan fingerprint density at radius 2 is 2.22 bits per heavy atom. The van der Waals surface area contributed by atoms with Gasteiger partial charge in [0.1, 0.15) is 11.3 Å². The largest absolute Gasteiger partial charge is 0.480 e. The Morgan fingerprint density at radius 1 is 1.35 bits per heavy atom. The van der Waals surface area contributed by atoms with E-state index in [4.69, 9.17) is 16.3 Å². The zero-order valence-corrected chi connectivity index (χ0v) is 13.0. The molecule has 0 aliphatic rings. The standard InChI is InChI=1S/C16H13ClN4O2/c1-23-16-11(5-4-9-18-16)19-14(22)8-7-12-15(17)20-13-6-2-3-10-21(12)13/h2-10H,1H3,(H,19,22). The molecule has 0 unspecified atom stereocenters. The Balaban J connectivity index is 1.82. The summed E-state index contributed by atoms with van der Waals surface area (Å²) in [7, 11) is 1.49. The Labute approximate surface area is 137 Å². The molecule has 0 saturated heterocycles. The van der Waals surface area contributed by atoms with E-state index in [9.17, 15) is 4.79 Å². The number of hydrogen-bond donors (Lipinski definition) is 1. The van der Waals surface area contributed by atoms with Gasteiger partial charge < -0.3 is 10.1 Å². The number of aromatic nitrogens is 3. The number of fused-ring (bicyclic) bond motifs is 1. The van der Waals surface area contributed by atoms with Crippen molar-refractivity contribution >= 4 is 34.9 Å². The van der Waals surface area contributed by atoms with E-state index in [1.54, 1.807) is 28.8 Å². The van der Waals surface area contributed by atoms with E-state index in [1.807, 2.05) is 24.4 Å². The lowest BCUT2D eigenvalue weighted by molar-refractivity contribution is -0.111. The summed E-state index contributed by atoms with van der Waals surface area (Å²) in [5, 5.41) is 3.04. The molecule has 0 bridgehead atoms. The smallest absolute Gasteiger partial charge is 0.248 e. The van der Waals surface area contributed by atoms with Gasteiger partial charge in [-0.15, -0.1) is 0 Å². The van der Waals surface area contributed by atoms with Crippen LogP contribution in [-0.2, 0) is 4.79 Å². The second-order valence-electron chi connectivity index (χ2n) is 4.60. The highest BCUT2D eigenvalue weighted by atomic mass is 35.5. The molecule has 0 atom stereocenters. The zero-order chi connectivity index (χ0) is 16.2. The number of carbonyl (C=O) groups is 1. The summed E-state index contributed by atoms with van der Waals surface area (Å²) < 4.78 is 6.89. The van der Waals surface area contributed by atoms with Crippen LogP contribution < -0.4 is 10.1 Å². The van der Waals surface area contributed by atoms with Gasteiger partial charge in [-0.05, 0) is 30.3 Å². The maximum absolute atomic E-state index is 12.1. The molecule has 1 amide bonds. The topological polar surface area (TPSA) is 68.5 Å². The van der Waals surface area contributed by atoms with E-state index < -0.39 is 0 Å². The predicted molar refractivity (Wildman–Crippen MR) is 88.7 cm³/mol. The SMILES string of the molecule is COc1ncccc1NC(=O)C=Cc1c(Cl)nc2ccccn12. The van der Waals surface area contributed by atoms with Crippen molar-refractivity contribution in [1.82, 2.24) is 14.4 Å². The maximum Gasteiger partial charge on any atom is 0.248 e. The number of anilines is 1. The maximum atomic E-state index is 12.1. The second kappa shape index (κ2) is 6.50. The molecule has 7 heteroatoms. The molecule has 0 aromatic carbocycles. The molecular formula is C16H13ClN4O2. The lowest BCUT2D eigenvalue weighted by Gasteiger charge is -2.06. The molecule has 0 aliphatic heterocycles. The van der Waals surface area contributed by atoms with Crippen molar-refractivity contribution in [2.45, 2.75) is 0 Å². The highest BCUT2D eigenvalue weighted by molar-refractivity contribution is 6.31. The number of rotatable bonds is 4. The molecule has 0 radical (unpaired) electrons. The lowest BCUT2D eigenvalue weighted by atomic mass is 10.3. The molecule has 116 valence electrons. The molecule has 6 nitrogen and oxygen atoms in total. The Morgan fingerprint density at radius 3 is 3.04 bits per heavy atom. The second-order valence-corrected chi connectivity index (χ2v) is 4.96. The van der Waals surface area contributed by atoms with Gasteiger partial charge in [0, 0.05) is 18.5 Å². The van der Waals surface area contributed by atoms with E-state index in [0.29, 0.717) is 28.1 Å². The molecule has 23 heavy (non-hydrogen) atoms. The van der Waals surface area contributed by atoms with Crippen LogP contribution in [0.2, 0.25) is 5.15 Å². The van der Waals surface area contributed by atoms with Crippen molar-refractivity contribution in [2.24, 2.45) is 0 Å². The number of pyridine rings is 2. The number of nitrogens with one attached hydrogen (secondary N) is 1. The van der Waals surface area contributed by atoms with Crippen molar-refractivity contribution < 1.29 is 9.53 Å². The van der Waals surface area contributed by atoms with Crippen molar-refractivity contribution in [3.63, 3.8) is 0 Å². The summed E-state index contributed by atoms with van der Waals surface area (Å²) in [5.41, 5.74) is 1.84. The minimum atomic E-state index is -0.321. The molecule has 0 aliphatic carbocycles. The van der Waals surface area contributed by atoms with Crippen LogP contribution in [0.25, 0.3) is 11.7 Å². The Hall–Kier alpha value is -2.86. The fourth-order valence-electron chi connectivity index (χ4n) is 2.11. The molecule has 0 saturated carbocycles. The average molecular weight is 329 g/mol. The third-order valence-electron chi connectivity index (χ3n) is 3.14. The predicted octanol–water partition coefficient (Wildman–Crippen LogP) is 3.04. The minimum Gasteiger partial charge on any atom is -0.480 e. The van der Waals surface area contributed by atoms with Crippen LogP contribution in [0.1, 0.15) is 5.69 Å². The quantitative estimate of drug-likeness (QED) is 0.747. The van der Waals surface area contributed by atoms with Gasteiger partial charge in [-0.3, -0.25) is 9.20 Å². The van der Waals surface area contributed by atoms with Crippen LogP contribution >= 0.6 is 11.6 Å². The van der Waals surface area contributed by atoms with Crippen molar-refractivity contribution in [3.8, 4) is 5.88 Å². The normalized spacial score (nSPS) is 11.0. The first kappa shape index (κ1) is 15.1. The molecule has 0 spiro atoms. The van der Waals surface area contributed by atoms with Gasteiger partial charge >= 0.3 is 0 Å². The third kappa shape index (κ3) is 3.17. The lowest BCUT2D eigenvalue weighted by Crippen LogP contribution is -2.09. The van der Waals surface area contributed by atoms with E-state index in [0.717, 1.165) is 0 Å². The first-order valence-corrected chi connectivity index (χ1v) is 7.17. The molecule has 1 N–H and O–H groups in total. The van der Waals surface area contributed by atoms with Crippen LogP contribution in [0, 0.1) is 0 Å². The minimum absolute atomic E-state index is 0.321. The number of amides is 1. The summed E-state index contributed by atoms with van der Waals surface area (Å²) >= 11 is 6.11. The van der Waals surface area contributed by atoms with Crippen LogP contribution in [0.3, 0.4) is 0 Å². The summed E-state index contributed by atoms with van der Waals surface area (Å²) in [6, 6.07) is 8.99. The molecule has 3 aromatic rings. The number of nitrogens with zero attached hydrogens (tertiary/aromatic N) is 3. The van der Waals surface area contributed by atoms with E-state index in [1.165, 1.54) is 13.2 Å². The summed E-state index contributed by atoms with van der Waals surface area (Å²) in [4.78, 5) is 20.3. The highest BCUT2D eigenvalue weighted by Gasteiger charge is 2.08. The van der Waals surface area contributed by atoms with Gasteiger partial charge in [0.05, 0.1) is 12.8 Å². The van der Waals surface area contributed by atoms with Crippen LogP contribution in [0.15, 0.2) is 48.8 Å². The van der Waals surface area contributed by atoms with Crippen LogP contribution in [0.5, 0.6) is 5.88 Å². The van der Waals surface area contributed by atoms with Crippen LogP contribution in [0.4, 0.5) is 5.69 Å². The Bertz CT molecular complexity index is 889. The third-order valence-corrected chi connectivity index (χ3v) is 3.42. The van der Waals surface area contributed by atoms with Gasteiger partial charge in [-0.1, -0.05) is 17.7 Å². The molecule has 3 heterocycles. The zero-order valence-electron chi connectivity index (χ0n) is 12.2. The van der Waals surface area contributed by atoms with Crippen molar-refractivity contribution in [3.05, 3.63) is 59.6 Å².